The van der Waals surface area contributed by atoms with Crippen LogP contribution in [-0.2, 0) is 0 Å². The minimum atomic E-state index is 0.449. The van der Waals surface area contributed by atoms with Gasteiger partial charge in [-0.1, -0.05) is 6.42 Å². The summed E-state index contributed by atoms with van der Waals surface area (Å²) >= 11 is 0. The summed E-state index contributed by atoms with van der Waals surface area (Å²) in [6.07, 6.45) is 7.18. The summed E-state index contributed by atoms with van der Waals surface area (Å²) < 4.78 is 0. The van der Waals surface area contributed by atoms with Gasteiger partial charge in [0.25, 0.3) is 0 Å². The van der Waals surface area contributed by atoms with Crippen molar-refractivity contribution in [2.45, 2.75) is 52.0 Å². The fraction of sp³-hybridized carbons (Fsp3) is 0.923. The van der Waals surface area contributed by atoms with Gasteiger partial charge in [-0.25, -0.2) is 0 Å². The van der Waals surface area contributed by atoms with Gasteiger partial charge in [-0.15, -0.1) is 0 Å². The molecule has 0 atom stereocenters. The highest BCUT2D eigenvalue weighted by atomic mass is 15.2. The maximum Gasteiger partial charge on any atom is 0.191 e. The first kappa shape index (κ1) is 11.7. The summed E-state index contributed by atoms with van der Waals surface area (Å²) in [5.41, 5.74) is 0.620. The summed E-state index contributed by atoms with van der Waals surface area (Å²) in [7, 11) is 1.85. The molecule has 0 bridgehead atoms. The quantitative estimate of drug-likeness (QED) is 0.566. The van der Waals surface area contributed by atoms with Crippen molar-refractivity contribution in [2.24, 2.45) is 16.3 Å². The predicted octanol–water partition coefficient (Wildman–Crippen LogP) is 2.14. The molecule has 0 radical (unpaired) electrons. The van der Waals surface area contributed by atoms with E-state index in [-0.39, 0.29) is 0 Å². The maximum absolute atomic E-state index is 4.26. The van der Waals surface area contributed by atoms with Gasteiger partial charge in [0.05, 0.1) is 0 Å². The van der Waals surface area contributed by atoms with Crippen LogP contribution < -0.4 is 10.6 Å². The number of nitrogens with one attached hydrogen (secondary N) is 2. The van der Waals surface area contributed by atoms with E-state index in [9.17, 15) is 0 Å². The van der Waals surface area contributed by atoms with Crippen LogP contribution in [0.25, 0.3) is 0 Å². The monoisotopic (exact) mass is 223 g/mol. The molecular weight excluding hydrogens is 198 g/mol. The van der Waals surface area contributed by atoms with Gasteiger partial charge in [-0.2, -0.15) is 0 Å². The lowest BCUT2D eigenvalue weighted by atomic mass is 9.65. The molecule has 2 saturated carbocycles. The Morgan fingerprint density at radius 2 is 2.06 bits per heavy atom. The molecule has 2 fully saturated rings. The van der Waals surface area contributed by atoms with E-state index in [1.54, 1.807) is 0 Å². The van der Waals surface area contributed by atoms with E-state index in [4.69, 9.17) is 0 Å². The molecule has 0 aromatic rings. The summed E-state index contributed by atoms with van der Waals surface area (Å²) in [5, 5.41) is 6.85. The third kappa shape index (κ3) is 2.50. The smallest absolute Gasteiger partial charge is 0.191 e. The Morgan fingerprint density at radius 1 is 1.38 bits per heavy atom. The minimum absolute atomic E-state index is 0.449. The van der Waals surface area contributed by atoms with E-state index in [0.717, 1.165) is 18.4 Å². The molecule has 0 unspecified atom stereocenters. The van der Waals surface area contributed by atoms with Crippen molar-refractivity contribution in [1.29, 1.82) is 0 Å². The highest BCUT2D eigenvalue weighted by Crippen LogP contribution is 2.56. The fourth-order valence-corrected chi connectivity index (χ4v) is 2.78. The van der Waals surface area contributed by atoms with Crippen LogP contribution in [0.5, 0.6) is 0 Å². The molecule has 0 aromatic carbocycles. The molecule has 0 spiro atoms. The Bertz CT molecular complexity index is 262. The number of hydrogen-bond acceptors (Lipinski definition) is 1. The van der Waals surface area contributed by atoms with Gasteiger partial charge in [-0.05, 0) is 50.9 Å². The second-order valence-electron chi connectivity index (χ2n) is 5.72. The molecule has 2 aliphatic rings. The van der Waals surface area contributed by atoms with Crippen LogP contribution in [0.15, 0.2) is 4.99 Å². The number of rotatable bonds is 4. The Morgan fingerprint density at radius 3 is 2.44 bits per heavy atom. The Balaban J connectivity index is 1.80. The number of hydrogen-bond donors (Lipinski definition) is 2. The number of guanidine groups is 1. The Kier molecular flexibility index (Phi) is 3.41. The van der Waals surface area contributed by atoms with E-state index in [1.807, 2.05) is 7.05 Å². The van der Waals surface area contributed by atoms with Crippen LogP contribution in [-0.4, -0.2) is 25.6 Å². The van der Waals surface area contributed by atoms with E-state index in [0.29, 0.717) is 11.5 Å². The zero-order valence-electron chi connectivity index (χ0n) is 10.8. The molecule has 0 heterocycles. The van der Waals surface area contributed by atoms with Crippen LogP contribution in [0.1, 0.15) is 46.0 Å². The largest absolute Gasteiger partial charge is 0.356 e. The first-order valence-corrected chi connectivity index (χ1v) is 6.63. The topological polar surface area (TPSA) is 36.4 Å². The van der Waals surface area contributed by atoms with Crippen molar-refractivity contribution >= 4 is 5.96 Å². The predicted molar refractivity (Wildman–Crippen MR) is 68.6 cm³/mol. The van der Waals surface area contributed by atoms with Crippen LogP contribution in [0, 0.1) is 11.3 Å². The van der Waals surface area contributed by atoms with Gasteiger partial charge in [0.15, 0.2) is 5.96 Å². The Hall–Kier alpha value is -0.730. The molecule has 2 N–H and O–H groups in total. The van der Waals surface area contributed by atoms with E-state index in [1.165, 1.54) is 32.1 Å². The minimum Gasteiger partial charge on any atom is -0.356 e. The number of nitrogens with zero attached hydrogens (tertiary/aromatic N) is 1. The summed E-state index contributed by atoms with van der Waals surface area (Å²) in [6, 6.07) is 0.449. The SMILES string of the molecule is CN=C(NCC1(C2CC2)CCC1)NC(C)C. The first-order valence-electron chi connectivity index (χ1n) is 6.63. The maximum atomic E-state index is 4.26. The normalized spacial score (nSPS) is 24.1. The van der Waals surface area contributed by atoms with Crippen molar-refractivity contribution in [1.82, 2.24) is 10.6 Å². The van der Waals surface area contributed by atoms with Gasteiger partial charge in [0.1, 0.15) is 0 Å². The lowest BCUT2D eigenvalue weighted by Gasteiger charge is -2.43. The van der Waals surface area contributed by atoms with Gasteiger partial charge < -0.3 is 10.6 Å². The summed E-state index contributed by atoms with van der Waals surface area (Å²) in [6.45, 7) is 5.41. The molecule has 0 saturated heterocycles. The summed E-state index contributed by atoms with van der Waals surface area (Å²) in [5.74, 6) is 1.97. The van der Waals surface area contributed by atoms with E-state index < -0.39 is 0 Å². The molecule has 3 heteroatoms. The van der Waals surface area contributed by atoms with Gasteiger partial charge >= 0.3 is 0 Å². The van der Waals surface area contributed by atoms with Crippen molar-refractivity contribution in [2.75, 3.05) is 13.6 Å². The van der Waals surface area contributed by atoms with Crippen molar-refractivity contribution < 1.29 is 0 Å². The van der Waals surface area contributed by atoms with E-state index >= 15 is 0 Å². The molecule has 16 heavy (non-hydrogen) atoms. The molecule has 0 amide bonds. The van der Waals surface area contributed by atoms with Crippen molar-refractivity contribution in [3.8, 4) is 0 Å². The van der Waals surface area contributed by atoms with E-state index in [2.05, 4.69) is 29.5 Å². The van der Waals surface area contributed by atoms with Crippen LogP contribution in [0.3, 0.4) is 0 Å². The Labute approximate surface area is 99.1 Å². The lowest BCUT2D eigenvalue weighted by Crippen LogP contribution is -2.48. The fourth-order valence-electron chi connectivity index (χ4n) is 2.78. The lowest BCUT2D eigenvalue weighted by molar-refractivity contribution is 0.106. The second-order valence-corrected chi connectivity index (χ2v) is 5.72. The third-order valence-electron chi connectivity index (χ3n) is 4.05. The molecule has 3 nitrogen and oxygen atoms in total. The zero-order valence-corrected chi connectivity index (χ0v) is 10.8. The van der Waals surface area contributed by atoms with Crippen LogP contribution in [0.4, 0.5) is 0 Å². The highest BCUT2D eigenvalue weighted by molar-refractivity contribution is 5.79. The standard InChI is InChI=1S/C13H25N3/c1-10(2)16-12(14-3)15-9-13(7-4-8-13)11-5-6-11/h10-11H,4-9H2,1-3H3,(H2,14,15,16). The first-order chi connectivity index (χ1) is 7.66. The second kappa shape index (κ2) is 4.64. The molecule has 2 aliphatic carbocycles. The zero-order chi connectivity index (χ0) is 11.6. The third-order valence-corrected chi connectivity index (χ3v) is 4.05. The summed E-state index contributed by atoms with van der Waals surface area (Å²) in [4.78, 5) is 4.26. The number of aliphatic imine (C=N–C) groups is 1. The average Bonchev–Trinajstić information content (AvgIpc) is 2.97. The highest BCUT2D eigenvalue weighted by Gasteiger charge is 2.48. The molecule has 2 rings (SSSR count). The van der Waals surface area contributed by atoms with Gasteiger partial charge in [0.2, 0.25) is 0 Å². The van der Waals surface area contributed by atoms with Crippen LogP contribution >= 0.6 is 0 Å². The molecular formula is C13H25N3. The van der Waals surface area contributed by atoms with Gasteiger partial charge in [-0.3, -0.25) is 4.99 Å². The van der Waals surface area contributed by atoms with Crippen LogP contribution in [0.2, 0.25) is 0 Å². The van der Waals surface area contributed by atoms with Gasteiger partial charge in [0, 0.05) is 19.6 Å². The van der Waals surface area contributed by atoms with Crippen molar-refractivity contribution in [3.05, 3.63) is 0 Å². The molecule has 0 aliphatic heterocycles. The molecule has 0 aromatic heterocycles. The van der Waals surface area contributed by atoms with Crippen molar-refractivity contribution in [3.63, 3.8) is 0 Å². The average molecular weight is 223 g/mol. The molecule has 92 valence electrons.